The predicted octanol–water partition coefficient (Wildman–Crippen LogP) is 0.385. The van der Waals surface area contributed by atoms with Gasteiger partial charge in [0.25, 0.3) is 5.91 Å². The molecule has 1 aromatic heterocycles. The fraction of sp³-hybridized carbons (Fsp3) is 0.231. The zero-order valence-corrected chi connectivity index (χ0v) is 11.0. The summed E-state index contributed by atoms with van der Waals surface area (Å²) in [5, 5.41) is 16.7. The highest BCUT2D eigenvalue weighted by molar-refractivity contribution is 6.04. The Hall–Kier alpha value is -2.72. The second-order valence-electron chi connectivity index (χ2n) is 4.15. The minimum Gasteiger partial charge on any atom is -0.329 e. The second-order valence-corrected chi connectivity index (χ2v) is 4.15. The second kappa shape index (κ2) is 5.95. The lowest BCUT2D eigenvalue weighted by Crippen LogP contribution is -2.27. The first-order valence-corrected chi connectivity index (χ1v) is 6.04. The average Bonchev–Trinajstić information content (AvgIpc) is 2.94. The van der Waals surface area contributed by atoms with E-state index in [4.69, 9.17) is 11.0 Å². The molecule has 1 heterocycles. The van der Waals surface area contributed by atoms with Gasteiger partial charge in [-0.3, -0.25) is 9.48 Å². The van der Waals surface area contributed by atoms with Gasteiger partial charge >= 0.3 is 0 Å². The molecule has 2 aromatic rings. The number of anilines is 1. The van der Waals surface area contributed by atoms with Crippen LogP contribution in [0.4, 0.5) is 5.69 Å². The fourth-order valence-electron chi connectivity index (χ4n) is 1.78. The third kappa shape index (κ3) is 2.65. The van der Waals surface area contributed by atoms with E-state index in [1.807, 2.05) is 0 Å². The highest BCUT2D eigenvalue weighted by Crippen LogP contribution is 2.19. The standard InChI is InChI=1S/C13H14N6O/c1-18(12-5-3-2-4-10(12)8-15)13(20)11-9-19(7-6-14)17-16-11/h2-5,9H,6-7,14H2,1H3. The van der Waals surface area contributed by atoms with E-state index in [9.17, 15) is 4.79 Å². The van der Waals surface area contributed by atoms with Gasteiger partial charge in [-0.1, -0.05) is 17.3 Å². The monoisotopic (exact) mass is 270 g/mol. The Bertz CT molecular complexity index is 657. The first-order chi connectivity index (χ1) is 9.67. The average molecular weight is 270 g/mol. The largest absolute Gasteiger partial charge is 0.329 e. The van der Waals surface area contributed by atoms with Crippen LogP contribution in [0.3, 0.4) is 0 Å². The molecule has 102 valence electrons. The Morgan fingerprint density at radius 3 is 2.95 bits per heavy atom. The van der Waals surface area contributed by atoms with Gasteiger partial charge in [0.05, 0.1) is 24.0 Å². The van der Waals surface area contributed by atoms with E-state index in [1.165, 1.54) is 9.58 Å². The molecule has 0 spiro atoms. The van der Waals surface area contributed by atoms with Gasteiger partial charge in [-0.25, -0.2) is 0 Å². The van der Waals surface area contributed by atoms with E-state index in [0.29, 0.717) is 24.3 Å². The lowest BCUT2D eigenvalue weighted by atomic mass is 10.2. The molecule has 0 fully saturated rings. The molecule has 0 aliphatic carbocycles. The number of benzene rings is 1. The Balaban J connectivity index is 2.26. The molecule has 0 unspecified atom stereocenters. The molecule has 2 N–H and O–H groups in total. The summed E-state index contributed by atoms with van der Waals surface area (Å²) in [4.78, 5) is 13.7. The molecule has 1 aromatic carbocycles. The molecule has 0 bridgehead atoms. The number of hydrogen-bond acceptors (Lipinski definition) is 5. The van der Waals surface area contributed by atoms with Crippen molar-refractivity contribution in [2.75, 3.05) is 18.5 Å². The number of para-hydroxylation sites is 1. The quantitative estimate of drug-likeness (QED) is 0.865. The first kappa shape index (κ1) is 13.7. The molecular formula is C13H14N6O. The van der Waals surface area contributed by atoms with Gasteiger partial charge in [0.15, 0.2) is 5.69 Å². The van der Waals surface area contributed by atoms with Crippen LogP contribution in [0.5, 0.6) is 0 Å². The Kier molecular flexibility index (Phi) is 4.08. The highest BCUT2D eigenvalue weighted by Gasteiger charge is 2.19. The predicted molar refractivity (Wildman–Crippen MR) is 73.0 cm³/mol. The number of nitriles is 1. The van der Waals surface area contributed by atoms with Crippen molar-refractivity contribution in [2.45, 2.75) is 6.54 Å². The summed E-state index contributed by atoms with van der Waals surface area (Å²) in [5.74, 6) is -0.323. The molecular weight excluding hydrogens is 256 g/mol. The van der Waals surface area contributed by atoms with Crippen LogP contribution in [0.15, 0.2) is 30.5 Å². The van der Waals surface area contributed by atoms with Crippen LogP contribution in [-0.2, 0) is 6.54 Å². The number of nitrogens with two attached hydrogens (primary N) is 1. The van der Waals surface area contributed by atoms with E-state index in [-0.39, 0.29) is 11.6 Å². The summed E-state index contributed by atoms with van der Waals surface area (Å²) in [6.45, 7) is 0.920. The topological polar surface area (TPSA) is 101 Å². The van der Waals surface area contributed by atoms with Crippen LogP contribution in [0, 0.1) is 11.3 Å². The lowest BCUT2D eigenvalue weighted by Gasteiger charge is -2.16. The van der Waals surface area contributed by atoms with Crippen LogP contribution in [-0.4, -0.2) is 34.5 Å². The van der Waals surface area contributed by atoms with Gasteiger partial charge < -0.3 is 10.6 Å². The highest BCUT2D eigenvalue weighted by atomic mass is 16.2. The van der Waals surface area contributed by atoms with Crippen LogP contribution >= 0.6 is 0 Å². The number of nitrogens with zero attached hydrogens (tertiary/aromatic N) is 5. The molecule has 7 nitrogen and oxygen atoms in total. The maximum absolute atomic E-state index is 12.3. The van der Waals surface area contributed by atoms with Gasteiger partial charge in [-0.15, -0.1) is 5.10 Å². The molecule has 1 amide bonds. The normalized spacial score (nSPS) is 10.1. The minimum absolute atomic E-state index is 0.216. The number of carbonyl (C=O) groups is 1. The van der Waals surface area contributed by atoms with Crippen molar-refractivity contribution in [1.29, 1.82) is 5.26 Å². The SMILES string of the molecule is CN(C(=O)c1cn(CCN)nn1)c1ccccc1C#N. The van der Waals surface area contributed by atoms with Crippen molar-refractivity contribution >= 4 is 11.6 Å². The van der Waals surface area contributed by atoms with Crippen LogP contribution in [0.25, 0.3) is 0 Å². The number of amides is 1. The van der Waals surface area contributed by atoms with Crippen molar-refractivity contribution in [1.82, 2.24) is 15.0 Å². The summed E-state index contributed by atoms with van der Waals surface area (Å²) in [7, 11) is 1.60. The maximum Gasteiger partial charge on any atom is 0.280 e. The summed E-state index contributed by atoms with van der Waals surface area (Å²) < 4.78 is 1.51. The summed E-state index contributed by atoms with van der Waals surface area (Å²) >= 11 is 0. The van der Waals surface area contributed by atoms with Gasteiger partial charge in [0, 0.05) is 13.6 Å². The van der Waals surface area contributed by atoms with Crippen molar-refractivity contribution in [3.63, 3.8) is 0 Å². The summed E-state index contributed by atoms with van der Waals surface area (Å²) in [6.07, 6.45) is 1.54. The van der Waals surface area contributed by atoms with E-state index in [1.54, 1.807) is 37.5 Å². The van der Waals surface area contributed by atoms with Crippen molar-refractivity contribution in [3.05, 3.63) is 41.7 Å². The Labute approximate surface area is 116 Å². The number of rotatable bonds is 4. The van der Waals surface area contributed by atoms with E-state index in [0.717, 1.165) is 0 Å². The van der Waals surface area contributed by atoms with Crippen LogP contribution in [0.2, 0.25) is 0 Å². The molecule has 0 radical (unpaired) electrons. The molecule has 0 saturated carbocycles. The van der Waals surface area contributed by atoms with Gasteiger partial charge in [-0.05, 0) is 12.1 Å². The molecule has 0 aliphatic rings. The van der Waals surface area contributed by atoms with E-state index in [2.05, 4.69) is 16.4 Å². The van der Waals surface area contributed by atoms with Crippen molar-refractivity contribution in [2.24, 2.45) is 5.73 Å². The van der Waals surface area contributed by atoms with E-state index < -0.39 is 0 Å². The molecule has 2 rings (SSSR count). The van der Waals surface area contributed by atoms with Crippen molar-refractivity contribution in [3.8, 4) is 6.07 Å². The summed E-state index contributed by atoms with van der Waals surface area (Å²) in [6, 6.07) is 8.94. The molecule has 0 saturated heterocycles. The maximum atomic E-state index is 12.3. The number of carbonyl (C=O) groups excluding carboxylic acids is 1. The molecule has 20 heavy (non-hydrogen) atoms. The number of aromatic nitrogens is 3. The van der Waals surface area contributed by atoms with Crippen LogP contribution in [0.1, 0.15) is 16.1 Å². The van der Waals surface area contributed by atoms with E-state index >= 15 is 0 Å². The first-order valence-electron chi connectivity index (χ1n) is 6.04. The van der Waals surface area contributed by atoms with Gasteiger partial charge in [0.2, 0.25) is 0 Å². The fourth-order valence-corrected chi connectivity index (χ4v) is 1.78. The smallest absolute Gasteiger partial charge is 0.280 e. The zero-order chi connectivity index (χ0) is 14.5. The number of hydrogen-bond donors (Lipinski definition) is 1. The van der Waals surface area contributed by atoms with Crippen molar-refractivity contribution < 1.29 is 4.79 Å². The third-order valence-electron chi connectivity index (χ3n) is 2.81. The minimum atomic E-state index is -0.323. The zero-order valence-electron chi connectivity index (χ0n) is 11.0. The van der Waals surface area contributed by atoms with Crippen LogP contribution < -0.4 is 10.6 Å². The Morgan fingerprint density at radius 2 is 2.25 bits per heavy atom. The molecule has 0 atom stereocenters. The molecule has 7 heteroatoms. The summed E-state index contributed by atoms with van der Waals surface area (Å²) in [5.41, 5.74) is 6.59. The van der Waals surface area contributed by atoms with Gasteiger partial charge in [-0.2, -0.15) is 5.26 Å². The van der Waals surface area contributed by atoms with Gasteiger partial charge in [0.1, 0.15) is 6.07 Å². The Morgan fingerprint density at radius 1 is 1.50 bits per heavy atom. The molecule has 0 aliphatic heterocycles. The third-order valence-corrected chi connectivity index (χ3v) is 2.81. The lowest BCUT2D eigenvalue weighted by molar-refractivity contribution is 0.0988.